The molecule has 0 saturated heterocycles. The van der Waals surface area contributed by atoms with Crippen molar-refractivity contribution in [2.24, 2.45) is 17.4 Å². The van der Waals surface area contributed by atoms with E-state index in [9.17, 15) is 9.90 Å². The summed E-state index contributed by atoms with van der Waals surface area (Å²) in [4.78, 5) is 11.3. The van der Waals surface area contributed by atoms with Gasteiger partial charge in [-0.1, -0.05) is 19.2 Å². The van der Waals surface area contributed by atoms with E-state index in [0.717, 1.165) is 38.4 Å². The fraction of sp³-hybridized carbons (Fsp3) is 0.909. The van der Waals surface area contributed by atoms with Crippen molar-refractivity contribution < 1.29 is 9.90 Å². The summed E-state index contributed by atoms with van der Waals surface area (Å²) in [6.45, 7) is 0. The zero-order valence-electron chi connectivity index (χ0n) is 10.1. The lowest BCUT2D eigenvalue weighted by Gasteiger charge is -2.31. The molecule has 0 radical (unpaired) electrons. The van der Waals surface area contributed by atoms with Crippen LogP contribution in [0.4, 0.5) is 0 Å². The fourth-order valence-electron chi connectivity index (χ4n) is 2.64. The third kappa shape index (κ3) is 2.98. The maximum Gasteiger partial charge on any atom is 0.323 e. The summed E-state index contributed by atoms with van der Waals surface area (Å²) in [6.07, 6.45) is 6.12. The van der Waals surface area contributed by atoms with Crippen LogP contribution in [0.1, 0.15) is 38.5 Å². The molecule has 4 nitrogen and oxygen atoms in total. The van der Waals surface area contributed by atoms with Crippen LogP contribution in [0.2, 0.25) is 6.32 Å². The van der Waals surface area contributed by atoms with Gasteiger partial charge in [-0.15, -0.1) is 0 Å². The molecule has 0 spiro atoms. The van der Waals surface area contributed by atoms with Crippen LogP contribution >= 0.6 is 0 Å². The van der Waals surface area contributed by atoms with E-state index in [1.807, 2.05) is 0 Å². The first-order valence-electron chi connectivity index (χ1n) is 6.28. The highest BCUT2D eigenvalue weighted by molar-refractivity contribution is 6.08. The number of carbonyl (C=O) groups is 1. The first kappa shape index (κ1) is 13.5. The Balaban J connectivity index is 2.60. The summed E-state index contributed by atoms with van der Waals surface area (Å²) in [5.74, 6) is -0.806. The Kier molecular flexibility index (Phi) is 4.80. The third-order valence-corrected chi connectivity index (χ3v) is 3.79. The fourth-order valence-corrected chi connectivity index (χ4v) is 2.64. The molecule has 5 heteroatoms. The Labute approximate surface area is 98.2 Å². The van der Waals surface area contributed by atoms with Crippen LogP contribution < -0.4 is 11.5 Å². The van der Waals surface area contributed by atoms with Crippen LogP contribution in [0.25, 0.3) is 0 Å². The second-order valence-corrected chi connectivity index (χ2v) is 5.07. The molecule has 0 bridgehead atoms. The molecule has 3 unspecified atom stereocenters. The number of carboxylic acid groups (broad SMARTS) is 1. The number of nitrogens with two attached hydrogens (primary N) is 2. The van der Waals surface area contributed by atoms with Crippen molar-refractivity contribution in [3.63, 3.8) is 0 Å². The molecule has 0 aromatic rings. The van der Waals surface area contributed by atoms with Crippen molar-refractivity contribution in [3.8, 4) is 0 Å². The minimum atomic E-state index is -1.05. The van der Waals surface area contributed by atoms with Gasteiger partial charge >= 0.3 is 5.97 Å². The molecule has 0 aromatic heterocycles. The van der Waals surface area contributed by atoms with Crippen molar-refractivity contribution >= 4 is 13.8 Å². The normalized spacial score (nSPS) is 28.9. The van der Waals surface area contributed by atoms with E-state index >= 15 is 0 Å². The number of hydrogen-bond acceptors (Lipinski definition) is 3. The minimum Gasteiger partial charge on any atom is -0.480 e. The maximum atomic E-state index is 11.3. The quantitative estimate of drug-likeness (QED) is 0.443. The smallest absolute Gasteiger partial charge is 0.323 e. The van der Waals surface area contributed by atoms with E-state index in [0.29, 0.717) is 6.42 Å². The molecule has 0 amide bonds. The summed E-state index contributed by atoms with van der Waals surface area (Å²) in [5, 5.41) is 9.31. The Bertz CT molecular complexity index is 250. The van der Waals surface area contributed by atoms with Crippen LogP contribution in [0.5, 0.6) is 0 Å². The predicted molar refractivity (Wildman–Crippen MR) is 67.1 cm³/mol. The molecule has 1 fully saturated rings. The van der Waals surface area contributed by atoms with Crippen LogP contribution in [0.3, 0.4) is 0 Å². The SMILES string of the molecule is BCCCCC(N)(C(=O)O)C1CCC(N)C1. The van der Waals surface area contributed by atoms with Crippen molar-refractivity contribution in [3.05, 3.63) is 0 Å². The standard InChI is InChI=1S/C11H23BN2O2/c12-6-2-1-5-11(14,10(15)16)8-3-4-9(13)7-8/h8-9H,1-7,12-14H2,(H,15,16). The average Bonchev–Trinajstić information content (AvgIpc) is 2.65. The van der Waals surface area contributed by atoms with E-state index in [1.165, 1.54) is 0 Å². The summed E-state index contributed by atoms with van der Waals surface area (Å²) < 4.78 is 0. The van der Waals surface area contributed by atoms with Gasteiger partial charge in [0.2, 0.25) is 0 Å². The van der Waals surface area contributed by atoms with Crippen LogP contribution in [0, 0.1) is 5.92 Å². The predicted octanol–water partition coefficient (Wildman–Crippen LogP) is 0.118. The van der Waals surface area contributed by atoms with Crippen molar-refractivity contribution in [1.82, 2.24) is 0 Å². The molecule has 1 rings (SSSR count). The largest absolute Gasteiger partial charge is 0.480 e. The first-order chi connectivity index (χ1) is 7.50. The van der Waals surface area contributed by atoms with Crippen molar-refractivity contribution in [2.75, 3.05) is 0 Å². The number of aliphatic carboxylic acids is 1. The third-order valence-electron chi connectivity index (χ3n) is 3.79. The zero-order valence-corrected chi connectivity index (χ0v) is 10.1. The molecule has 16 heavy (non-hydrogen) atoms. The second-order valence-electron chi connectivity index (χ2n) is 5.07. The Morgan fingerprint density at radius 3 is 2.56 bits per heavy atom. The van der Waals surface area contributed by atoms with E-state index in [1.54, 1.807) is 0 Å². The van der Waals surface area contributed by atoms with E-state index in [-0.39, 0.29) is 12.0 Å². The topological polar surface area (TPSA) is 89.3 Å². The second kappa shape index (κ2) is 5.68. The molecule has 0 aromatic carbocycles. The van der Waals surface area contributed by atoms with Gasteiger partial charge in [-0.05, 0) is 31.6 Å². The van der Waals surface area contributed by atoms with Gasteiger partial charge in [-0.2, -0.15) is 0 Å². The number of rotatable bonds is 6. The van der Waals surface area contributed by atoms with Crippen molar-refractivity contribution in [2.45, 2.75) is 56.4 Å². The van der Waals surface area contributed by atoms with Gasteiger partial charge < -0.3 is 16.6 Å². The lowest BCUT2D eigenvalue weighted by atomic mass is 9.79. The maximum absolute atomic E-state index is 11.3. The number of carboxylic acids is 1. The molecule has 3 atom stereocenters. The van der Waals surface area contributed by atoms with E-state index < -0.39 is 11.5 Å². The lowest BCUT2D eigenvalue weighted by Crippen LogP contribution is -2.53. The van der Waals surface area contributed by atoms with E-state index in [4.69, 9.17) is 11.5 Å². The molecule has 0 aliphatic heterocycles. The minimum absolute atomic E-state index is 0.0526. The average molecular weight is 226 g/mol. The highest BCUT2D eigenvalue weighted by Crippen LogP contribution is 2.35. The van der Waals surface area contributed by atoms with Gasteiger partial charge in [0.1, 0.15) is 13.4 Å². The van der Waals surface area contributed by atoms with Gasteiger partial charge in [0.25, 0.3) is 0 Å². The highest BCUT2D eigenvalue weighted by atomic mass is 16.4. The Hall–Kier alpha value is -0.545. The molecule has 1 aliphatic carbocycles. The Morgan fingerprint density at radius 1 is 1.44 bits per heavy atom. The molecular weight excluding hydrogens is 203 g/mol. The van der Waals surface area contributed by atoms with Gasteiger partial charge in [0, 0.05) is 6.04 Å². The lowest BCUT2D eigenvalue weighted by molar-refractivity contribution is -0.146. The monoisotopic (exact) mass is 226 g/mol. The molecule has 1 aliphatic rings. The van der Waals surface area contributed by atoms with Crippen LogP contribution in [-0.4, -0.2) is 30.5 Å². The molecule has 1 saturated carbocycles. The molecule has 5 N–H and O–H groups in total. The van der Waals surface area contributed by atoms with E-state index in [2.05, 4.69) is 7.85 Å². The van der Waals surface area contributed by atoms with Gasteiger partial charge in [0.05, 0.1) is 0 Å². The zero-order chi connectivity index (χ0) is 12.2. The number of unbranched alkanes of at least 4 members (excludes halogenated alkanes) is 1. The summed E-state index contributed by atoms with van der Waals surface area (Å²) in [5.41, 5.74) is 10.9. The summed E-state index contributed by atoms with van der Waals surface area (Å²) in [7, 11) is 2.10. The summed E-state index contributed by atoms with van der Waals surface area (Å²) >= 11 is 0. The molecular formula is C11H23BN2O2. The van der Waals surface area contributed by atoms with Gasteiger partial charge in [0.15, 0.2) is 0 Å². The Morgan fingerprint density at radius 2 is 2.12 bits per heavy atom. The van der Waals surface area contributed by atoms with Crippen LogP contribution in [-0.2, 0) is 4.79 Å². The molecule has 92 valence electrons. The number of hydrogen-bond donors (Lipinski definition) is 3. The van der Waals surface area contributed by atoms with Gasteiger partial charge in [-0.3, -0.25) is 4.79 Å². The molecule has 0 heterocycles. The van der Waals surface area contributed by atoms with Crippen LogP contribution in [0.15, 0.2) is 0 Å². The highest BCUT2D eigenvalue weighted by Gasteiger charge is 2.44. The first-order valence-corrected chi connectivity index (χ1v) is 6.28. The van der Waals surface area contributed by atoms with Gasteiger partial charge in [-0.25, -0.2) is 0 Å². The summed E-state index contributed by atoms with van der Waals surface area (Å²) in [6, 6.07) is 0.137. The van der Waals surface area contributed by atoms with Crippen molar-refractivity contribution in [1.29, 1.82) is 0 Å².